The Kier molecular flexibility index (Phi) is 3.40. The van der Waals surface area contributed by atoms with Gasteiger partial charge in [0, 0.05) is 6.42 Å². The molecule has 1 aromatic heterocycles. The maximum Gasteiger partial charge on any atom is 0.253 e. The van der Waals surface area contributed by atoms with Gasteiger partial charge in [0.15, 0.2) is 0 Å². The Labute approximate surface area is 117 Å². The molecule has 0 fully saturated rings. The van der Waals surface area contributed by atoms with Crippen molar-refractivity contribution in [1.82, 2.24) is 4.98 Å². The lowest BCUT2D eigenvalue weighted by atomic mass is 10.1. The molecule has 0 saturated heterocycles. The SMILES string of the molecule is Fc1nc(F)c(F)c(NCC2Cc3ccccc3O2)c1F. The molecule has 0 spiro atoms. The second-order valence-electron chi connectivity index (χ2n) is 4.63. The normalized spacial score (nSPS) is 16.5. The minimum Gasteiger partial charge on any atom is -0.488 e. The number of anilines is 1. The third-order valence-corrected chi connectivity index (χ3v) is 3.22. The van der Waals surface area contributed by atoms with Crippen LogP contribution in [0.4, 0.5) is 23.2 Å². The van der Waals surface area contributed by atoms with Gasteiger partial charge < -0.3 is 10.1 Å². The minimum atomic E-state index is -1.69. The Bertz CT molecular complexity index is 642. The van der Waals surface area contributed by atoms with Crippen LogP contribution in [0.3, 0.4) is 0 Å². The molecule has 0 amide bonds. The highest BCUT2D eigenvalue weighted by molar-refractivity contribution is 5.46. The van der Waals surface area contributed by atoms with E-state index in [1.54, 1.807) is 6.07 Å². The Morgan fingerprint density at radius 1 is 1.10 bits per heavy atom. The lowest BCUT2D eigenvalue weighted by Gasteiger charge is -2.14. The summed E-state index contributed by atoms with van der Waals surface area (Å²) in [6.45, 7) is 0.00537. The molecule has 1 aromatic carbocycles. The smallest absolute Gasteiger partial charge is 0.253 e. The number of fused-ring (bicyclic) bond motifs is 1. The van der Waals surface area contributed by atoms with Gasteiger partial charge in [-0.15, -0.1) is 0 Å². The summed E-state index contributed by atoms with van der Waals surface area (Å²) in [5, 5.41) is 2.34. The van der Waals surface area contributed by atoms with E-state index in [9.17, 15) is 17.6 Å². The van der Waals surface area contributed by atoms with Gasteiger partial charge >= 0.3 is 0 Å². The molecule has 3 nitrogen and oxygen atoms in total. The van der Waals surface area contributed by atoms with Crippen LogP contribution in [0.2, 0.25) is 0 Å². The largest absolute Gasteiger partial charge is 0.488 e. The highest BCUT2D eigenvalue weighted by Gasteiger charge is 2.25. The summed E-state index contributed by atoms with van der Waals surface area (Å²) in [7, 11) is 0. The van der Waals surface area contributed by atoms with Crippen LogP contribution in [0.25, 0.3) is 0 Å². The molecular formula is C14H10F4N2O. The number of rotatable bonds is 3. The predicted octanol–water partition coefficient (Wildman–Crippen LogP) is 3.05. The van der Waals surface area contributed by atoms with Crippen molar-refractivity contribution in [1.29, 1.82) is 0 Å². The molecule has 2 aromatic rings. The van der Waals surface area contributed by atoms with Gasteiger partial charge in [0.1, 0.15) is 17.5 Å². The van der Waals surface area contributed by atoms with E-state index in [2.05, 4.69) is 10.3 Å². The number of ether oxygens (including phenoxy) is 1. The van der Waals surface area contributed by atoms with Crippen molar-refractivity contribution in [3.8, 4) is 5.75 Å². The lowest BCUT2D eigenvalue weighted by molar-refractivity contribution is 0.246. The van der Waals surface area contributed by atoms with Crippen LogP contribution in [0, 0.1) is 23.5 Å². The van der Waals surface area contributed by atoms with E-state index in [-0.39, 0.29) is 12.6 Å². The second-order valence-corrected chi connectivity index (χ2v) is 4.63. The maximum atomic E-state index is 13.4. The fourth-order valence-electron chi connectivity index (χ4n) is 2.23. The monoisotopic (exact) mass is 298 g/mol. The van der Waals surface area contributed by atoms with Crippen molar-refractivity contribution >= 4 is 5.69 Å². The third-order valence-electron chi connectivity index (χ3n) is 3.22. The number of hydrogen-bond donors (Lipinski definition) is 1. The van der Waals surface area contributed by atoms with Crippen LogP contribution in [-0.2, 0) is 6.42 Å². The summed E-state index contributed by atoms with van der Waals surface area (Å²) in [6.07, 6.45) is 0.170. The first-order valence-electron chi connectivity index (χ1n) is 6.24. The van der Waals surface area contributed by atoms with Crippen LogP contribution >= 0.6 is 0 Å². The molecular weight excluding hydrogens is 288 g/mol. The quantitative estimate of drug-likeness (QED) is 0.698. The highest BCUT2D eigenvalue weighted by Crippen LogP contribution is 2.29. The van der Waals surface area contributed by atoms with E-state index >= 15 is 0 Å². The van der Waals surface area contributed by atoms with Gasteiger partial charge in [0.05, 0.1) is 6.54 Å². The fourth-order valence-corrected chi connectivity index (χ4v) is 2.23. The van der Waals surface area contributed by atoms with Crippen LogP contribution in [0.1, 0.15) is 5.56 Å². The molecule has 1 unspecified atom stereocenters. The van der Waals surface area contributed by atoms with E-state index in [4.69, 9.17) is 4.74 Å². The first-order chi connectivity index (χ1) is 10.1. The van der Waals surface area contributed by atoms with Gasteiger partial charge in [0.2, 0.25) is 11.6 Å². The molecule has 110 valence electrons. The molecule has 0 bridgehead atoms. The van der Waals surface area contributed by atoms with Crippen LogP contribution < -0.4 is 10.1 Å². The first kappa shape index (κ1) is 13.7. The molecule has 0 radical (unpaired) electrons. The molecule has 1 atom stereocenters. The van der Waals surface area contributed by atoms with Crippen molar-refractivity contribution in [3.63, 3.8) is 0 Å². The predicted molar refractivity (Wildman–Crippen MR) is 67.1 cm³/mol. The summed E-state index contributed by atoms with van der Waals surface area (Å²) in [5.74, 6) is -5.79. The fraction of sp³-hybridized carbons (Fsp3) is 0.214. The van der Waals surface area contributed by atoms with Crippen molar-refractivity contribution < 1.29 is 22.3 Å². The maximum absolute atomic E-state index is 13.4. The molecule has 7 heteroatoms. The summed E-state index contributed by atoms with van der Waals surface area (Å²) in [5.41, 5.74) is 0.0943. The zero-order chi connectivity index (χ0) is 15.0. The number of halogens is 4. The molecule has 0 aliphatic carbocycles. The Hall–Kier alpha value is -2.31. The average molecular weight is 298 g/mol. The van der Waals surface area contributed by atoms with E-state index in [1.165, 1.54) is 0 Å². The van der Waals surface area contributed by atoms with Crippen molar-refractivity contribution in [2.24, 2.45) is 0 Å². The number of hydrogen-bond acceptors (Lipinski definition) is 3. The number of benzene rings is 1. The molecule has 3 rings (SSSR count). The van der Waals surface area contributed by atoms with E-state index < -0.39 is 29.2 Å². The van der Waals surface area contributed by atoms with Crippen molar-refractivity contribution in [3.05, 3.63) is 53.4 Å². The van der Waals surface area contributed by atoms with Gasteiger partial charge in [-0.25, -0.2) is 0 Å². The Morgan fingerprint density at radius 2 is 1.76 bits per heavy atom. The summed E-state index contributed by atoms with van der Waals surface area (Å²) < 4.78 is 58.4. The van der Waals surface area contributed by atoms with Gasteiger partial charge in [-0.2, -0.15) is 22.5 Å². The van der Waals surface area contributed by atoms with Gasteiger partial charge in [0.25, 0.3) is 11.9 Å². The van der Waals surface area contributed by atoms with Gasteiger partial charge in [-0.05, 0) is 11.6 Å². The molecule has 1 N–H and O–H groups in total. The van der Waals surface area contributed by atoms with Crippen molar-refractivity contribution in [2.75, 3.05) is 11.9 Å². The summed E-state index contributed by atoms with van der Waals surface area (Å²) in [6, 6.07) is 7.32. The average Bonchev–Trinajstić information content (AvgIpc) is 2.88. The standard InChI is InChI=1S/C14H10F4N2O/c15-10-12(11(16)14(18)20-13(10)17)19-6-8-5-7-3-1-2-4-9(7)21-8/h1-4,8H,5-6H2,(H,19,20). The molecule has 2 heterocycles. The molecule has 0 saturated carbocycles. The number of nitrogens with one attached hydrogen (secondary N) is 1. The molecule has 1 aliphatic heterocycles. The van der Waals surface area contributed by atoms with E-state index in [1.807, 2.05) is 18.2 Å². The first-order valence-corrected chi connectivity index (χ1v) is 6.24. The second kappa shape index (κ2) is 5.23. The zero-order valence-electron chi connectivity index (χ0n) is 10.7. The molecule has 1 aliphatic rings. The van der Waals surface area contributed by atoms with Crippen LogP contribution in [0.15, 0.2) is 24.3 Å². The molecule has 21 heavy (non-hydrogen) atoms. The Morgan fingerprint density at radius 3 is 2.43 bits per heavy atom. The van der Waals surface area contributed by atoms with Gasteiger partial charge in [-0.3, -0.25) is 0 Å². The van der Waals surface area contributed by atoms with Crippen molar-refractivity contribution in [2.45, 2.75) is 12.5 Å². The highest BCUT2D eigenvalue weighted by atomic mass is 19.2. The summed E-state index contributed by atoms with van der Waals surface area (Å²) in [4.78, 5) is 2.49. The third kappa shape index (κ3) is 2.51. The van der Waals surface area contributed by atoms with E-state index in [0.717, 1.165) is 5.56 Å². The number of aromatic nitrogens is 1. The van der Waals surface area contributed by atoms with Crippen LogP contribution in [-0.4, -0.2) is 17.6 Å². The van der Waals surface area contributed by atoms with Crippen LogP contribution in [0.5, 0.6) is 5.75 Å². The van der Waals surface area contributed by atoms with E-state index in [0.29, 0.717) is 12.2 Å². The topological polar surface area (TPSA) is 34.2 Å². The minimum absolute atomic E-state index is 0.00537. The number of para-hydroxylation sites is 1. The lowest BCUT2D eigenvalue weighted by Crippen LogP contribution is -2.25. The number of nitrogens with zero attached hydrogens (tertiary/aromatic N) is 1. The van der Waals surface area contributed by atoms with Gasteiger partial charge in [-0.1, -0.05) is 18.2 Å². The summed E-state index contributed by atoms with van der Waals surface area (Å²) >= 11 is 0. The number of pyridine rings is 1. The zero-order valence-corrected chi connectivity index (χ0v) is 10.7. The Balaban J connectivity index is 1.73.